The maximum atomic E-state index is 14.1. The summed E-state index contributed by atoms with van der Waals surface area (Å²) in [6.45, 7) is 2.28. The molecule has 1 saturated heterocycles. The minimum atomic E-state index is -3.85. The van der Waals surface area contributed by atoms with Crippen molar-refractivity contribution in [3.8, 4) is 0 Å². The molecule has 1 amide bonds. The SMILES string of the molecule is CS(=O)(=O)[N+]1(NC(=O)C(COCc2ccccc2)NCc2c(Cl)cccc2Cl)CC2(CCNCC2)c2ccccc21.Cl. The highest BCUT2D eigenvalue weighted by Crippen LogP contribution is 2.50. The Hall–Kier alpha value is -2.21. The standard InChI is InChI=1S/C30H34Cl2N4O4S.ClH/c1-41(38,39)36(21-30(14-16-33-17-15-30)24-10-5-6-13-28(24)36)35-29(37)27(20-40-19-22-8-3-2-4-9-22)34-18-23-25(31)11-7-12-26(23)32;/h2-13,27,33-34H,14-21H2,1H3;1H/p+1. The van der Waals surface area contributed by atoms with E-state index in [1.807, 2.05) is 54.6 Å². The predicted molar refractivity (Wildman–Crippen MR) is 170 cm³/mol. The van der Waals surface area contributed by atoms with Crippen LogP contribution >= 0.6 is 35.6 Å². The smallest absolute Gasteiger partial charge is 0.321 e. The van der Waals surface area contributed by atoms with E-state index < -0.39 is 26.0 Å². The second-order valence-corrected chi connectivity index (χ2v) is 13.7. The van der Waals surface area contributed by atoms with Crippen LogP contribution in [-0.2, 0) is 38.1 Å². The van der Waals surface area contributed by atoms with E-state index in [0.717, 1.165) is 37.1 Å². The van der Waals surface area contributed by atoms with Crippen molar-refractivity contribution in [2.75, 3.05) is 32.5 Å². The fourth-order valence-electron chi connectivity index (χ4n) is 5.92. The van der Waals surface area contributed by atoms with Gasteiger partial charge < -0.3 is 10.1 Å². The lowest BCUT2D eigenvalue weighted by Gasteiger charge is -2.36. The maximum Gasteiger partial charge on any atom is 0.321 e. The third-order valence-corrected chi connectivity index (χ3v) is 10.4. The molecular formula is C30H36Cl3N4O4S+. The number of piperidine rings is 1. The molecule has 8 nitrogen and oxygen atoms in total. The summed E-state index contributed by atoms with van der Waals surface area (Å²) in [5.41, 5.74) is 5.75. The highest BCUT2D eigenvalue weighted by atomic mass is 35.5. The Morgan fingerprint density at radius 1 is 1.00 bits per heavy atom. The van der Waals surface area contributed by atoms with Crippen LogP contribution in [0.15, 0.2) is 72.8 Å². The van der Waals surface area contributed by atoms with E-state index in [9.17, 15) is 13.2 Å². The summed E-state index contributed by atoms with van der Waals surface area (Å²) in [6.07, 6.45) is 2.74. The molecule has 2 unspecified atom stereocenters. The largest absolute Gasteiger partial charge is 0.375 e. The molecule has 3 aromatic carbocycles. The van der Waals surface area contributed by atoms with E-state index in [1.165, 1.54) is 6.26 Å². The van der Waals surface area contributed by atoms with Gasteiger partial charge in [-0.2, -0.15) is 13.8 Å². The molecule has 226 valence electrons. The van der Waals surface area contributed by atoms with Gasteiger partial charge in [0, 0.05) is 33.8 Å². The molecule has 0 radical (unpaired) electrons. The Balaban J connectivity index is 0.00000405. The van der Waals surface area contributed by atoms with Gasteiger partial charge >= 0.3 is 10.0 Å². The summed E-state index contributed by atoms with van der Waals surface area (Å²) in [5.74, 6) is -0.493. The Kier molecular flexibility index (Phi) is 10.6. The fourth-order valence-corrected chi connectivity index (χ4v) is 7.71. The molecule has 1 spiro atoms. The van der Waals surface area contributed by atoms with E-state index >= 15 is 0 Å². The summed E-state index contributed by atoms with van der Waals surface area (Å²) in [6, 6.07) is 21.5. The van der Waals surface area contributed by atoms with Crippen LogP contribution in [0.3, 0.4) is 0 Å². The molecule has 0 aliphatic carbocycles. The number of rotatable bonds is 10. The summed E-state index contributed by atoms with van der Waals surface area (Å²) < 4.78 is 32.6. The molecule has 5 rings (SSSR count). The fraction of sp³-hybridized carbons (Fsp3) is 0.367. The van der Waals surface area contributed by atoms with E-state index in [-0.39, 0.29) is 37.5 Å². The van der Waals surface area contributed by atoms with Gasteiger partial charge in [0.1, 0.15) is 12.6 Å². The number of nitrogens with one attached hydrogen (secondary N) is 3. The number of halogens is 3. The van der Waals surface area contributed by atoms with E-state index in [0.29, 0.717) is 27.9 Å². The van der Waals surface area contributed by atoms with Gasteiger partial charge in [0.05, 0.1) is 24.9 Å². The molecule has 42 heavy (non-hydrogen) atoms. The molecule has 3 N–H and O–H groups in total. The van der Waals surface area contributed by atoms with Gasteiger partial charge in [0.15, 0.2) is 5.69 Å². The normalized spacial score (nSPS) is 20.0. The number of para-hydroxylation sites is 1. The molecule has 3 aromatic rings. The summed E-state index contributed by atoms with van der Waals surface area (Å²) in [7, 11) is -3.85. The highest BCUT2D eigenvalue weighted by Gasteiger charge is 2.60. The van der Waals surface area contributed by atoms with Crippen molar-refractivity contribution in [1.29, 1.82) is 0 Å². The van der Waals surface area contributed by atoms with Crippen molar-refractivity contribution in [3.05, 3.63) is 99.5 Å². The van der Waals surface area contributed by atoms with Crippen LogP contribution in [-0.4, -0.2) is 52.9 Å². The van der Waals surface area contributed by atoms with E-state index in [1.54, 1.807) is 18.2 Å². The molecular weight excluding hydrogens is 619 g/mol. The first-order valence-electron chi connectivity index (χ1n) is 13.6. The molecule has 0 saturated carbocycles. The predicted octanol–water partition coefficient (Wildman–Crippen LogP) is 4.72. The molecule has 2 atom stereocenters. The topological polar surface area (TPSA) is 96.5 Å². The number of amides is 1. The quantitative estimate of drug-likeness (QED) is 0.274. The molecule has 12 heteroatoms. The number of benzene rings is 3. The van der Waals surface area contributed by atoms with Crippen LogP contribution < -0.4 is 20.1 Å². The van der Waals surface area contributed by atoms with Gasteiger partial charge in [-0.1, -0.05) is 81.8 Å². The molecule has 0 bridgehead atoms. The lowest BCUT2D eigenvalue weighted by Crippen LogP contribution is -2.68. The number of hydrogen-bond donors (Lipinski definition) is 3. The van der Waals surface area contributed by atoms with Crippen LogP contribution in [0.1, 0.15) is 29.5 Å². The molecule has 2 aliphatic heterocycles. The Morgan fingerprint density at radius 2 is 1.64 bits per heavy atom. The number of carbonyl (C=O) groups is 1. The lowest BCUT2D eigenvalue weighted by atomic mass is 9.75. The number of quaternary nitrogens is 1. The average Bonchev–Trinajstić information content (AvgIpc) is 3.22. The van der Waals surface area contributed by atoms with E-state index in [2.05, 4.69) is 16.1 Å². The number of ether oxygens (including phenoxy) is 1. The number of sulfonamides is 1. The van der Waals surface area contributed by atoms with Crippen LogP contribution in [0.5, 0.6) is 0 Å². The minimum absolute atomic E-state index is 0. The molecule has 0 aromatic heterocycles. The number of fused-ring (bicyclic) bond motifs is 2. The van der Waals surface area contributed by atoms with Crippen molar-refractivity contribution in [3.63, 3.8) is 0 Å². The second-order valence-electron chi connectivity index (χ2n) is 10.8. The first-order valence-corrected chi connectivity index (χ1v) is 16.2. The minimum Gasteiger partial charge on any atom is -0.375 e. The Bertz CT molecular complexity index is 1480. The Labute approximate surface area is 263 Å². The van der Waals surface area contributed by atoms with Crippen molar-refractivity contribution >= 4 is 57.2 Å². The van der Waals surface area contributed by atoms with Crippen LogP contribution in [0.4, 0.5) is 5.69 Å². The van der Waals surface area contributed by atoms with Gasteiger partial charge in [0.25, 0.3) is 5.91 Å². The highest BCUT2D eigenvalue weighted by molar-refractivity contribution is 7.90. The zero-order valence-electron chi connectivity index (χ0n) is 23.3. The van der Waals surface area contributed by atoms with Gasteiger partial charge in [-0.25, -0.2) is 0 Å². The Morgan fingerprint density at radius 3 is 2.31 bits per heavy atom. The second kappa shape index (κ2) is 13.6. The van der Waals surface area contributed by atoms with Gasteiger partial charge in [-0.15, -0.1) is 12.4 Å². The maximum absolute atomic E-state index is 14.1. The third kappa shape index (κ3) is 6.64. The van der Waals surface area contributed by atoms with Crippen LogP contribution in [0, 0.1) is 0 Å². The zero-order valence-corrected chi connectivity index (χ0v) is 26.5. The number of nitrogens with zero attached hydrogens (tertiary/aromatic N) is 1. The molecule has 2 heterocycles. The zero-order chi connectivity index (χ0) is 29.1. The average molecular weight is 655 g/mol. The first-order chi connectivity index (χ1) is 19.7. The van der Waals surface area contributed by atoms with Crippen molar-refractivity contribution < 1.29 is 17.9 Å². The van der Waals surface area contributed by atoms with Gasteiger partial charge in [-0.05, 0) is 43.6 Å². The monoisotopic (exact) mass is 653 g/mol. The van der Waals surface area contributed by atoms with Crippen LogP contribution in [0.25, 0.3) is 0 Å². The molecule has 1 fully saturated rings. The molecule has 2 aliphatic rings. The van der Waals surface area contributed by atoms with Crippen molar-refractivity contribution in [1.82, 2.24) is 20.1 Å². The number of hydrogen-bond acceptors (Lipinski definition) is 6. The van der Waals surface area contributed by atoms with Crippen molar-refractivity contribution in [2.45, 2.75) is 37.5 Å². The summed E-state index contributed by atoms with van der Waals surface area (Å²) in [5, 5.41) is 7.53. The van der Waals surface area contributed by atoms with Gasteiger partial charge in [-0.3, -0.25) is 10.1 Å². The number of carbonyl (C=O) groups excluding carboxylic acids is 1. The van der Waals surface area contributed by atoms with Crippen molar-refractivity contribution in [2.24, 2.45) is 0 Å². The van der Waals surface area contributed by atoms with Gasteiger partial charge in [0.2, 0.25) is 0 Å². The summed E-state index contributed by atoms with van der Waals surface area (Å²) >= 11 is 12.8. The van der Waals surface area contributed by atoms with E-state index in [4.69, 9.17) is 27.9 Å². The first kappa shape index (κ1) is 32.7. The van der Waals surface area contributed by atoms with Crippen LogP contribution in [0.2, 0.25) is 10.0 Å². The third-order valence-electron chi connectivity index (χ3n) is 8.11. The summed E-state index contributed by atoms with van der Waals surface area (Å²) in [4.78, 5) is 14.1. The lowest BCUT2D eigenvalue weighted by molar-refractivity contribution is -0.127.